The number of carbonyl (C=O) groups is 1. The van der Waals surface area contributed by atoms with Gasteiger partial charge in [0.2, 0.25) is 17.7 Å². The van der Waals surface area contributed by atoms with Crippen LogP contribution in [0.5, 0.6) is 5.75 Å². The predicted octanol–water partition coefficient (Wildman–Crippen LogP) is 4.11. The lowest BCUT2D eigenvalue weighted by Crippen LogP contribution is -2.15. The topological polar surface area (TPSA) is 77.2 Å². The number of rotatable bonds is 5. The van der Waals surface area contributed by atoms with Gasteiger partial charge in [-0.15, -0.1) is 10.2 Å². The third kappa shape index (κ3) is 3.56. The van der Waals surface area contributed by atoms with Crippen LogP contribution in [0.3, 0.4) is 0 Å². The van der Waals surface area contributed by atoms with Crippen molar-refractivity contribution in [2.24, 2.45) is 0 Å². The van der Waals surface area contributed by atoms with E-state index in [0.29, 0.717) is 29.6 Å². The van der Waals surface area contributed by atoms with E-state index in [2.05, 4.69) is 33.7 Å². The number of carbonyl (C=O) groups excluding carboxylic acids is 1. The van der Waals surface area contributed by atoms with Crippen LogP contribution in [0.2, 0.25) is 0 Å². The van der Waals surface area contributed by atoms with Crippen LogP contribution in [0, 0.1) is 6.92 Å². The van der Waals surface area contributed by atoms with Crippen molar-refractivity contribution < 1.29 is 13.9 Å². The maximum Gasteiger partial charge on any atom is 0.247 e. The summed E-state index contributed by atoms with van der Waals surface area (Å²) in [7, 11) is 1.58. The summed E-state index contributed by atoms with van der Waals surface area (Å²) in [5, 5.41) is 10.9. The standard InChI is InChI=1S/C21H21N3O3/c1-13-23-24-21(27-13)16-9-10-19(26-2)18(11-16)22-20(25)12-15-8-7-14-5-3-4-6-17(14)15/h3-6,9-11,15H,7-8,12H2,1-2H3,(H,22,25). The molecule has 1 unspecified atom stereocenters. The second-order valence-electron chi connectivity index (χ2n) is 6.73. The van der Waals surface area contributed by atoms with Crippen LogP contribution in [0.4, 0.5) is 5.69 Å². The van der Waals surface area contributed by atoms with Crippen molar-refractivity contribution in [2.75, 3.05) is 12.4 Å². The number of benzene rings is 2. The molecule has 0 saturated carbocycles. The lowest BCUT2D eigenvalue weighted by molar-refractivity contribution is -0.116. The minimum absolute atomic E-state index is 0.0335. The van der Waals surface area contributed by atoms with Gasteiger partial charge in [0, 0.05) is 18.9 Å². The molecule has 1 aliphatic rings. The van der Waals surface area contributed by atoms with E-state index in [1.807, 2.05) is 12.1 Å². The molecule has 4 rings (SSSR count). The first-order valence-electron chi connectivity index (χ1n) is 9.00. The Bertz CT molecular complexity index is 980. The van der Waals surface area contributed by atoms with E-state index in [1.165, 1.54) is 11.1 Å². The van der Waals surface area contributed by atoms with Gasteiger partial charge in [0.05, 0.1) is 12.8 Å². The summed E-state index contributed by atoms with van der Waals surface area (Å²) in [4.78, 5) is 12.7. The van der Waals surface area contributed by atoms with Crippen LogP contribution in [-0.2, 0) is 11.2 Å². The van der Waals surface area contributed by atoms with Gasteiger partial charge in [-0.3, -0.25) is 4.79 Å². The van der Waals surface area contributed by atoms with Crippen molar-refractivity contribution in [1.82, 2.24) is 10.2 Å². The number of aryl methyl sites for hydroxylation is 2. The largest absolute Gasteiger partial charge is 0.495 e. The molecule has 0 aliphatic heterocycles. The first-order chi connectivity index (χ1) is 13.1. The second-order valence-corrected chi connectivity index (χ2v) is 6.73. The number of nitrogens with zero attached hydrogens (tertiary/aromatic N) is 2. The molecular formula is C21H21N3O3. The van der Waals surface area contributed by atoms with Crippen molar-refractivity contribution in [3.8, 4) is 17.2 Å². The van der Waals surface area contributed by atoms with Gasteiger partial charge in [0.25, 0.3) is 0 Å². The Balaban J connectivity index is 1.52. The van der Waals surface area contributed by atoms with Crippen LogP contribution >= 0.6 is 0 Å². The molecule has 1 aromatic heterocycles. The Hall–Kier alpha value is -3.15. The zero-order valence-electron chi connectivity index (χ0n) is 15.4. The molecular weight excluding hydrogens is 342 g/mol. The van der Waals surface area contributed by atoms with Crippen LogP contribution in [0.1, 0.15) is 35.8 Å². The van der Waals surface area contributed by atoms with E-state index >= 15 is 0 Å². The molecule has 0 spiro atoms. The van der Waals surface area contributed by atoms with Crippen LogP contribution in [0.15, 0.2) is 46.9 Å². The number of hydrogen-bond acceptors (Lipinski definition) is 5. The zero-order valence-corrected chi connectivity index (χ0v) is 15.4. The van der Waals surface area contributed by atoms with Crippen LogP contribution in [-0.4, -0.2) is 23.2 Å². The number of aromatic nitrogens is 2. The van der Waals surface area contributed by atoms with E-state index in [0.717, 1.165) is 18.4 Å². The smallest absolute Gasteiger partial charge is 0.247 e. The normalized spacial score (nSPS) is 15.4. The molecule has 1 aliphatic carbocycles. The average Bonchev–Trinajstić information content (AvgIpc) is 3.28. The van der Waals surface area contributed by atoms with Gasteiger partial charge >= 0.3 is 0 Å². The molecule has 2 aromatic carbocycles. The number of fused-ring (bicyclic) bond motifs is 1. The SMILES string of the molecule is COc1ccc(-c2nnc(C)o2)cc1NC(=O)CC1CCc2ccccc21. The van der Waals surface area contributed by atoms with E-state index in [4.69, 9.17) is 9.15 Å². The Labute approximate surface area is 157 Å². The van der Waals surface area contributed by atoms with Crippen LogP contribution in [0.25, 0.3) is 11.5 Å². The van der Waals surface area contributed by atoms with Gasteiger partial charge in [0.1, 0.15) is 5.75 Å². The molecule has 0 radical (unpaired) electrons. The summed E-state index contributed by atoms with van der Waals surface area (Å²) >= 11 is 0. The number of anilines is 1. The zero-order chi connectivity index (χ0) is 18.8. The number of methoxy groups -OCH3 is 1. The Morgan fingerprint density at radius 1 is 1.26 bits per heavy atom. The van der Waals surface area contributed by atoms with Crippen molar-refractivity contribution in [2.45, 2.75) is 32.1 Å². The molecule has 1 amide bonds. The molecule has 6 nitrogen and oxygen atoms in total. The molecule has 27 heavy (non-hydrogen) atoms. The summed E-state index contributed by atoms with van der Waals surface area (Å²) in [6.45, 7) is 1.74. The molecule has 6 heteroatoms. The van der Waals surface area contributed by atoms with Gasteiger partial charge in [-0.05, 0) is 48.1 Å². The molecule has 1 heterocycles. The van der Waals surface area contributed by atoms with Crippen molar-refractivity contribution in [3.63, 3.8) is 0 Å². The third-order valence-corrected chi connectivity index (χ3v) is 4.94. The number of nitrogens with one attached hydrogen (secondary N) is 1. The average molecular weight is 363 g/mol. The monoisotopic (exact) mass is 363 g/mol. The molecule has 138 valence electrons. The molecule has 1 N–H and O–H groups in total. The third-order valence-electron chi connectivity index (χ3n) is 4.94. The summed E-state index contributed by atoms with van der Waals surface area (Å²) in [6.07, 6.45) is 2.48. The summed E-state index contributed by atoms with van der Waals surface area (Å²) in [5.74, 6) is 1.72. The van der Waals surface area contributed by atoms with E-state index in [9.17, 15) is 4.79 Å². The fourth-order valence-corrected chi connectivity index (χ4v) is 3.63. The number of hydrogen-bond donors (Lipinski definition) is 1. The van der Waals surface area contributed by atoms with E-state index in [-0.39, 0.29) is 11.8 Å². The highest BCUT2D eigenvalue weighted by atomic mass is 16.5. The molecule has 1 atom stereocenters. The maximum absolute atomic E-state index is 12.7. The highest BCUT2D eigenvalue weighted by Crippen LogP contribution is 2.36. The summed E-state index contributed by atoms with van der Waals surface area (Å²) in [5.41, 5.74) is 3.97. The van der Waals surface area contributed by atoms with E-state index < -0.39 is 0 Å². The molecule has 0 saturated heterocycles. The first-order valence-corrected chi connectivity index (χ1v) is 9.00. The Morgan fingerprint density at radius 2 is 2.11 bits per heavy atom. The quantitative estimate of drug-likeness (QED) is 0.738. The number of amides is 1. The minimum atomic E-state index is -0.0335. The molecule has 3 aromatic rings. The molecule has 0 bridgehead atoms. The summed E-state index contributed by atoms with van der Waals surface area (Å²) < 4.78 is 10.9. The maximum atomic E-state index is 12.7. The van der Waals surface area contributed by atoms with Crippen molar-refractivity contribution in [1.29, 1.82) is 0 Å². The second kappa shape index (κ2) is 7.23. The molecule has 0 fully saturated rings. The fraction of sp³-hybridized carbons (Fsp3) is 0.286. The van der Waals surface area contributed by atoms with E-state index in [1.54, 1.807) is 26.2 Å². The van der Waals surface area contributed by atoms with Gasteiger partial charge in [-0.2, -0.15) is 0 Å². The van der Waals surface area contributed by atoms with Crippen LogP contribution < -0.4 is 10.1 Å². The Kier molecular flexibility index (Phi) is 4.62. The van der Waals surface area contributed by atoms with Crippen molar-refractivity contribution in [3.05, 3.63) is 59.5 Å². The fourth-order valence-electron chi connectivity index (χ4n) is 3.63. The predicted molar refractivity (Wildman–Crippen MR) is 102 cm³/mol. The van der Waals surface area contributed by atoms with Gasteiger partial charge < -0.3 is 14.5 Å². The lowest BCUT2D eigenvalue weighted by atomic mass is 9.97. The highest BCUT2D eigenvalue weighted by Gasteiger charge is 2.24. The van der Waals surface area contributed by atoms with Gasteiger partial charge in [-0.1, -0.05) is 24.3 Å². The number of ether oxygens (including phenoxy) is 1. The summed E-state index contributed by atoms with van der Waals surface area (Å²) in [6, 6.07) is 13.8. The lowest BCUT2D eigenvalue weighted by Gasteiger charge is -2.14. The van der Waals surface area contributed by atoms with Gasteiger partial charge in [0.15, 0.2) is 0 Å². The highest BCUT2D eigenvalue weighted by molar-refractivity contribution is 5.93. The first kappa shape index (κ1) is 17.3. The van der Waals surface area contributed by atoms with Crippen molar-refractivity contribution >= 4 is 11.6 Å². The van der Waals surface area contributed by atoms with Gasteiger partial charge in [-0.25, -0.2) is 0 Å². The Morgan fingerprint density at radius 3 is 2.89 bits per heavy atom. The minimum Gasteiger partial charge on any atom is -0.495 e.